The van der Waals surface area contributed by atoms with E-state index in [4.69, 9.17) is 10.5 Å². The Morgan fingerprint density at radius 1 is 1.36 bits per heavy atom. The predicted octanol–water partition coefficient (Wildman–Crippen LogP) is 3.23. The van der Waals surface area contributed by atoms with Crippen LogP contribution in [0.15, 0.2) is 30.6 Å². The number of carbonyl (C=O) groups is 1. The van der Waals surface area contributed by atoms with E-state index < -0.39 is 23.0 Å². The predicted molar refractivity (Wildman–Crippen MR) is 90.5 cm³/mol. The number of fused-ring (bicyclic) bond motifs is 1. The van der Waals surface area contributed by atoms with Crippen LogP contribution in [0.3, 0.4) is 0 Å². The molecule has 0 saturated heterocycles. The molecule has 0 aliphatic heterocycles. The molecule has 0 unspecified atom stereocenters. The first-order valence-electron chi connectivity index (χ1n) is 7.76. The molecule has 0 aliphatic rings. The molecule has 0 saturated carbocycles. The third-order valence-corrected chi connectivity index (χ3v) is 3.99. The monoisotopic (exact) mass is 345 g/mol. The molecule has 0 spiro atoms. The molecule has 5 nitrogen and oxygen atoms in total. The van der Waals surface area contributed by atoms with Crippen molar-refractivity contribution in [3.05, 3.63) is 58.9 Å². The maximum absolute atomic E-state index is 14.2. The lowest BCUT2D eigenvalue weighted by Gasteiger charge is -2.06. The van der Waals surface area contributed by atoms with Crippen molar-refractivity contribution in [1.82, 2.24) is 9.97 Å². The highest BCUT2D eigenvalue weighted by atomic mass is 19.1. The van der Waals surface area contributed by atoms with Gasteiger partial charge in [-0.25, -0.2) is 13.8 Å². The summed E-state index contributed by atoms with van der Waals surface area (Å²) in [5.41, 5.74) is 6.06. The van der Waals surface area contributed by atoms with Crippen LogP contribution in [0.4, 0.5) is 14.5 Å². The Labute approximate surface area is 142 Å². The fraction of sp³-hybridized carbons (Fsp3) is 0.222. The molecule has 0 fully saturated rings. The lowest BCUT2D eigenvalue weighted by Crippen LogP contribution is -2.09. The lowest BCUT2D eigenvalue weighted by atomic mass is 10.0. The van der Waals surface area contributed by atoms with E-state index >= 15 is 0 Å². The number of pyridine rings is 1. The van der Waals surface area contributed by atoms with E-state index in [9.17, 15) is 13.6 Å². The number of H-pyrrole nitrogens is 1. The van der Waals surface area contributed by atoms with Gasteiger partial charge >= 0.3 is 0 Å². The van der Waals surface area contributed by atoms with Crippen LogP contribution in [0.25, 0.3) is 11.0 Å². The Morgan fingerprint density at radius 3 is 2.92 bits per heavy atom. The molecule has 130 valence electrons. The topological polar surface area (TPSA) is 81.0 Å². The number of nitrogens with one attached hydrogen (secondary N) is 1. The number of nitrogens with two attached hydrogens (primary N) is 1. The van der Waals surface area contributed by atoms with Crippen LogP contribution in [0.5, 0.6) is 0 Å². The first-order chi connectivity index (χ1) is 12.0. The fourth-order valence-electron chi connectivity index (χ4n) is 2.70. The van der Waals surface area contributed by atoms with E-state index in [1.54, 1.807) is 19.4 Å². The van der Waals surface area contributed by atoms with Gasteiger partial charge in [-0.05, 0) is 36.6 Å². The number of methoxy groups -OCH3 is 1. The molecule has 7 heteroatoms. The Bertz CT molecular complexity index is 937. The van der Waals surface area contributed by atoms with Gasteiger partial charge in [0.15, 0.2) is 5.82 Å². The van der Waals surface area contributed by atoms with Crippen molar-refractivity contribution in [3.8, 4) is 0 Å². The number of aromatic nitrogens is 2. The molecule has 3 N–H and O–H groups in total. The molecule has 0 radical (unpaired) electrons. The number of halogens is 2. The maximum Gasteiger partial charge on any atom is 0.201 e. The van der Waals surface area contributed by atoms with Crippen LogP contribution >= 0.6 is 0 Å². The summed E-state index contributed by atoms with van der Waals surface area (Å²) in [6, 6.07) is 3.87. The fourth-order valence-corrected chi connectivity index (χ4v) is 2.70. The maximum atomic E-state index is 14.2. The van der Waals surface area contributed by atoms with Gasteiger partial charge in [-0.2, -0.15) is 0 Å². The largest absolute Gasteiger partial charge is 0.396 e. The molecule has 3 rings (SSSR count). The number of benzene rings is 1. The van der Waals surface area contributed by atoms with Crippen molar-refractivity contribution in [1.29, 1.82) is 0 Å². The quantitative estimate of drug-likeness (QED) is 0.408. The first kappa shape index (κ1) is 17.0. The van der Waals surface area contributed by atoms with Gasteiger partial charge in [0, 0.05) is 37.1 Å². The normalized spacial score (nSPS) is 11.2. The molecule has 0 aliphatic carbocycles. The van der Waals surface area contributed by atoms with Crippen molar-refractivity contribution in [2.45, 2.75) is 12.8 Å². The zero-order valence-electron chi connectivity index (χ0n) is 13.6. The number of hydrogen-bond donors (Lipinski definition) is 2. The van der Waals surface area contributed by atoms with Crippen LogP contribution in [0.2, 0.25) is 0 Å². The number of nitrogens with zero attached hydrogens (tertiary/aromatic N) is 1. The summed E-state index contributed by atoms with van der Waals surface area (Å²) in [4.78, 5) is 19.8. The number of nitrogen functional groups attached to an aromatic ring is 1. The number of anilines is 1. The van der Waals surface area contributed by atoms with Crippen LogP contribution in [-0.4, -0.2) is 29.5 Å². The SMILES string of the molecule is COCCCc1cnc2[nH]cc(C(=O)c3c(F)ccc(N)c3F)c2c1. The first-order valence-corrected chi connectivity index (χ1v) is 7.76. The van der Waals surface area contributed by atoms with E-state index in [2.05, 4.69) is 9.97 Å². The lowest BCUT2D eigenvalue weighted by molar-refractivity contribution is 0.103. The minimum Gasteiger partial charge on any atom is -0.396 e. The Balaban J connectivity index is 2.02. The molecule has 0 amide bonds. The van der Waals surface area contributed by atoms with Gasteiger partial charge < -0.3 is 15.5 Å². The summed E-state index contributed by atoms with van der Waals surface area (Å²) in [7, 11) is 1.62. The van der Waals surface area contributed by atoms with E-state index in [0.29, 0.717) is 17.6 Å². The highest BCUT2D eigenvalue weighted by Crippen LogP contribution is 2.26. The average Bonchev–Trinajstić information content (AvgIpc) is 3.02. The second kappa shape index (κ2) is 6.98. The summed E-state index contributed by atoms with van der Waals surface area (Å²) < 4.78 is 33.2. The van der Waals surface area contributed by atoms with Crippen LogP contribution in [0.1, 0.15) is 27.9 Å². The molecule has 25 heavy (non-hydrogen) atoms. The zero-order chi connectivity index (χ0) is 18.0. The summed E-state index contributed by atoms with van der Waals surface area (Å²) in [5, 5.41) is 0.515. The van der Waals surface area contributed by atoms with E-state index in [1.807, 2.05) is 0 Å². The van der Waals surface area contributed by atoms with Crippen molar-refractivity contribution in [3.63, 3.8) is 0 Å². The number of carbonyl (C=O) groups excluding carboxylic acids is 1. The number of hydrogen-bond acceptors (Lipinski definition) is 4. The molecular weight excluding hydrogens is 328 g/mol. The van der Waals surface area contributed by atoms with E-state index in [-0.39, 0.29) is 11.3 Å². The molecule has 3 aromatic rings. The second-order valence-electron chi connectivity index (χ2n) is 5.69. The molecule has 2 aromatic heterocycles. The Morgan fingerprint density at radius 2 is 2.16 bits per heavy atom. The van der Waals surface area contributed by atoms with Crippen LogP contribution < -0.4 is 5.73 Å². The van der Waals surface area contributed by atoms with Gasteiger partial charge in [0.25, 0.3) is 0 Å². The minimum atomic E-state index is -1.05. The van der Waals surface area contributed by atoms with Gasteiger partial charge in [0.2, 0.25) is 5.78 Å². The number of aryl methyl sites for hydroxylation is 1. The smallest absolute Gasteiger partial charge is 0.201 e. The summed E-state index contributed by atoms with van der Waals surface area (Å²) in [6.45, 7) is 0.608. The van der Waals surface area contributed by atoms with Gasteiger partial charge in [0.05, 0.1) is 11.3 Å². The molecule has 0 bridgehead atoms. The number of ether oxygens (including phenoxy) is 1. The summed E-state index contributed by atoms with van der Waals surface area (Å²) in [6.07, 6.45) is 4.62. The van der Waals surface area contributed by atoms with Crippen molar-refractivity contribution < 1.29 is 18.3 Å². The molecular formula is C18H17F2N3O2. The standard InChI is InChI=1S/C18H17F2N3O2/c1-25-6-2-3-10-7-11-12(9-23-18(11)22-8-10)17(24)15-13(19)4-5-14(21)16(15)20/h4-5,7-9H,2-3,6,21H2,1H3,(H,22,23). The molecule has 2 heterocycles. The molecule has 0 atom stereocenters. The summed E-state index contributed by atoms with van der Waals surface area (Å²) in [5.74, 6) is -2.77. The highest BCUT2D eigenvalue weighted by Gasteiger charge is 2.23. The summed E-state index contributed by atoms with van der Waals surface area (Å²) >= 11 is 0. The number of rotatable bonds is 6. The average molecular weight is 345 g/mol. The van der Waals surface area contributed by atoms with Gasteiger partial charge in [-0.1, -0.05) is 0 Å². The third-order valence-electron chi connectivity index (χ3n) is 3.99. The van der Waals surface area contributed by atoms with E-state index in [1.165, 1.54) is 6.20 Å². The second-order valence-corrected chi connectivity index (χ2v) is 5.69. The van der Waals surface area contributed by atoms with Gasteiger partial charge in [-0.15, -0.1) is 0 Å². The van der Waals surface area contributed by atoms with Crippen LogP contribution in [-0.2, 0) is 11.2 Å². The van der Waals surface area contributed by atoms with Crippen molar-refractivity contribution in [2.24, 2.45) is 0 Å². The minimum absolute atomic E-state index is 0.152. The highest BCUT2D eigenvalue weighted by molar-refractivity contribution is 6.16. The van der Waals surface area contributed by atoms with Gasteiger partial charge in [-0.3, -0.25) is 4.79 Å². The third kappa shape index (κ3) is 3.23. The van der Waals surface area contributed by atoms with Crippen LogP contribution in [0, 0.1) is 11.6 Å². The van der Waals surface area contributed by atoms with Crippen molar-refractivity contribution >= 4 is 22.5 Å². The zero-order valence-corrected chi connectivity index (χ0v) is 13.6. The Kier molecular flexibility index (Phi) is 4.76. The van der Waals surface area contributed by atoms with Crippen molar-refractivity contribution in [2.75, 3.05) is 19.5 Å². The molecule has 1 aromatic carbocycles. The Hall–Kier alpha value is -2.80. The number of ketones is 1. The van der Waals surface area contributed by atoms with E-state index in [0.717, 1.165) is 30.5 Å². The van der Waals surface area contributed by atoms with Gasteiger partial charge in [0.1, 0.15) is 11.5 Å². The number of aromatic amines is 1.